The van der Waals surface area contributed by atoms with Crippen LogP contribution in [-0.2, 0) is 6.54 Å². The van der Waals surface area contributed by atoms with Gasteiger partial charge in [0.1, 0.15) is 0 Å². The van der Waals surface area contributed by atoms with Gasteiger partial charge in [-0.1, -0.05) is 24.3 Å². The summed E-state index contributed by atoms with van der Waals surface area (Å²) < 4.78 is 0. The molecular weight excluding hydrogens is 294 g/mol. The van der Waals surface area contributed by atoms with Crippen LogP contribution in [0.1, 0.15) is 31.9 Å². The maximum absolute atomic E-state index is 4.29. The lowest BCUT2D eigenvalue weighted by Gasteiger charge is -2.42. The molecule has 3 heteroatoms. The van der Waals surface area contributed by atoms with E-state index in [0.717, 1.165) is 32.7 Å². The Morgan fingerprint density at radius 2 is 1.58 bits per heavy atom. The van der Waals surface area contributed by atoms with Gasteiger partial charge in [-0.15, -0.1) is 0 Å². The summed E-state index contributed by atoms with van der Waals surface area (Å²) in [5.74, 6) is 0. The van der Waals surface area contributed by atoms with Crippen LogP contribution in [-0.4, -0.2) is 46.5 Å². The van der Waals surface area contributed by atoms with Crippen molar-refractivity contribution < 1.29 is 0 Å². The molecule has 0 bridgehead atoms. The van der Waals surface area contributed by atoms with Crippen LogP contribution in [0.4, 0.5) is 0 Å². The number of aryl methyl sites for hydroxylation is 1. The first kappa shape index (κ1) is 17.1. The molecule has 0 atom stereocenters. The molecule has 1 aromatic carbocycles. The Kier molecular flexibility index (Phi) is 5.02. The minimum Gasteiger partial charge on any atom is -0.297 e. The molecule has 0 amide bonds. The minimum absolute atomic E-state index is 0.287. The second-order valence-corrected chi connectivity index (χ2v) is 7.88. The Hall–Kier alpha value is -1.71. The largest absolute Gasteiger partial charge is 0.297 e. The molecule has 0 unspecified atom stereocenters. The van der Waals surface area contributed by atoms with Crippen LogP contribution in [0.25, 0.3) is 11.1 Å². The number of aromatic nitrogens is 1. The van der Waals surface area contributed by atoms with Crippen molar-refractivity contribution >= 4 is 0 Å². The molecule has 1 aliphatic heterocycles. The van der Waals surface area contributed by atoms with Crippen LogP contribution < -0.4 is 0 Å². The molecule has 24 heavy (non-hydrogen) atoms. The van der Waals surface area contributed by atoms with Crippen LogP contribution in [0.5, 0.6) is 0 Å². The Bertz CT molecular complexity index is 662. The van der Waals surface area contributed by atoms with Crippen molar-refractivity contribution in [1.82, 2.24) is 14.8 Å². The van der Waals surface area contributed by atoms with Crippen LogP contribution in [0.15, 0.2) is 42.7 Å². The molecule has 0 radical (unpaired) electrons. The zero-order valence-corrected chi connectivity index (χ0v) is 15.4. The highest BCUT2D eigenvalue weighted by Crippen LogP contribution is 2.21. The second-order valence-electron chi connectivity index (χ2n) is 7.88. The van der Waals surface area contributed by atoms with Gasteiger partial charge < -0.3 is 0 Å². The molecule has 0 N–H and O–H groups in total. The van der Waals surface area contributed by atoms with Crippen molar-refractivity contribution in [3.8, 4) is 11.1 Å². The van der Waals surface area contributed by atoms with Crippen molar-refractivity contribution in [2.24, 2.45) is 0 Å². The molecule has 2 heterocycles. The Morgan fingerprint density at radius 1 is 0.917 bits per heavy atom. The van der Waals surface area contributed by atoms with Crippen molar-refractivity contribution in [2.75, 3.05) is 26.2 Å². The molecule has 128 valence electrons. The van der Waals surface area contributed by atoms with Gasteiger partial charge in [0, 0.05) is 56.2 Å². The summed E-state index contributed by atoms with van der Waals surface area (Å²) in [4.78, 5) is 9.43. The van der Waals surface area contributed by atoms with E-state index < -0.39 is 0 Å². The van der Waals surface area contributed by atoms with Crippen molar-refractivity contribution in [2.45, 2.75) is 39.8 Å². The number of piperazine rings is 1. The van der Waals surface area contributed by atoms with Crippen molar-refractivity contribution in [3.63, 3.8) is 0 Å². The van der Waals surface area contributed by atoms with E-state index >= 15 is 0 Å². The maximum atomic E-state index is 4.29. The predicted octanol–water partition coefficient (Wildman–Crippen LogP) is 3.97. The van der Waals surface area contributed by atoms with E-state index in [9.17, 15) is 0 Å². The highest BCUT2D eigenvalue weighted by molar-refractivity contribution is 5.63. The number of nitrogens with zero attached hydrogens (tertiary/aromatic N) is 3. The van der Waals surface area contributed by atoms with Gasteiger partial charge in [0.2, 0.25) is 0 Å². The fourth-order valence-electron chi connectivity index (χ4n) is 3.35. The number of benzene rings is 1. The molecule has 0 saturated carbocycles. The average molecular weight is 323 g/mol. The van der Waals surface area contributed by atoms with Gasteiger partial charge in [-0.25, -0.2) is 0 Å². The van der Waals surface area contributed by atoms with Gasteiger partial charge in [-0.3, -0.25) is 14.8 Å². The lowest BCUT2D eigenvalue weighted by Crippen LogP contribution is -2.53. The first-order valence-corrected chi connectivity index (χ1v) is 8.90. The van der Waals surface area contributed by atoms with Crippen LogP contribution >= 0.6 is 0 Å². The van der Waals surface area contributed by atoms with E-state index in [1.165, 1.54) is 22.3 Å². The van der Waals surface area contributed by atoms with E-state index in [0.29, 0.717) is 0 Å². The number of hydrogen-bond donors (Lipinski definition) is 0. The molecule has 3 rings (SSSR count). The fourth-order valence-corrected chi connectivity index (χ4v) is 3.35. The normalized spacial score (nSPS) is 17.2. The van der Waals surface area contributed by atoms with Gasteiger partial charge in [0.05, 0.1) is 0 Å². The lowest BCUT2D eigenvalue weighted by molar-refractivity contribution is 0.0591. The van der Waals surface area contributed by atoms with Gasteiger partial charge in [-0.05, 0) is 50.5 Å². The Morgan fingerprint density at radius 3 is 2.17 bits per heavy atom. The standard InChI is InChI=1S/C21H29N3/c1-17-13-20(15-22-14-17)19-7-5-18(6-8-19)16-23-9-11-24(12-10-23)21(2,3)4/h5-8,13-15H,9-12,16H2,1-4H3. The summed E-state index contributed by atoms with van der Waals surface area (Å²) in [6, 6.07) is 11.1. The Labute approximate surface area is 146 Å². The molecule has 2 aromatic rings. The summed E-state index contributed by atoms with van der Waals surface area (Å²) in [7, 11) is 0. The van der Waals surface area contributed by atoms with E-state index in [1.807, 2.05) is 12.4 Å². The number of pyridine rings is 1. The fraction of sp³-hybridized carbons (Fsp3) is 0.476. The summed E-state index contributed by atoms with van der Waals surface area (Å²) in [5.41, 5.74) is 5.32. The van der Waals surface area contributed by atoms with E-state index in [-0.39, 0.29) is 5.54 Å². The van der Waals surface area contributed by atoms with Gasteiger partial charge in [-0.2, -0.15) is 0 Å². The van der Waals surface area contributed by atoms with E-state index in [2.05, 4.69) is 72.8 Å². The molecule has 0 spiro atoms. The monoisotopic (exact) mass is 323 g/mol. The first-order chi connectivity index (χ1) is 11.4. The third-order valence-electron chi connectivity index (χ3n) is 4.89. The first-order valence-electron chi connectivity index (χ1n) is 8.90. The van der Waals surface area contributed by atoms with Crippen molar-refractivity contribution in [1.29, 1.82) is 0 Å². The highest BCUT2D eigenvalue weighted by Gasteiger charge is 2.25. The molecule has 0 aliphatic carbocycles. The van der Waals surface area contributed by atoms with Crippen LogP contribution in [0, 0.1) is 6.92 Å². The van der Waals surface area contributed by atoms with Gasteiger partial charge in [0.15, 0.2) is 0 Å². The summed E-state index contributed by atoms with van der Waals surface area (Å²) in [6.45, 7) is 14.7. The number of hydrogen-bond acceptors (Lipinski definition) is 3. The summed E-state index contributed by atoms with van der Waals surface area (Å²) >= 11 is 0. The summed E-state index contributed by atoms with van der Waals surface area (Å²) in [6.07, 6.45) is 3.84. The zero-order chi connectivity index (χ0) is 17.2. The second kappa shape index (κ2) is 7.04. The van der Waals surface area contributed by atoms with E-state index in [4.69, 9.17) is 0 Å². The molecule has 1 fully saturated rings. The van der Waals surface area contributed by atoms with Crippen molar-refractivity contribution in [3.05, 3.63) is 53.9 Å². The third-order valence-corrected chi connectivity index (χ3v) is 4.89. The quantitative estimate of drug-likeness (QED) is 0.852. The van der Waals surface area contributed by atoms with E-state index in [1.54, 1.807) is 0 Å². The maximum Gasteiger partial charge on any atom is 0.0346 e. The molecule has 1 saturated heterocycles. The molecule has 1 aromatic heterocycles. The van der Waals surface area contributed by atoms with Gasteiger partial charge in [0.25, 0.3) is 0 Å². The third kappa shape index (κ3) is 4.22. The zero-order valence-electron chi connectivity index (χ0n) is 15.4. The highest BCUT2D eigenvalue weighted by atomic mass is 15.3. The Balaban J connectivity index is 1.59. The smallest absolute Gasteiger partial charge is 0.0346 e. The number of rotatable bonds is 3. The summed E-state index contributed by atoms with van der Waals surface area (Å²) in [5, 5.41) is 0. The molecular formula is C21H29N3. The lowest BCUT2D eigenvalue weighted by atomic mass is 10.0. The minimum atomic E-state index is 0.287. The predicted molar refractivity (Wildman–Crippen MR) is 101 cm³/mol. The SMILES string of the molecule is Cc1cncc(-c2ccc(CN3CCN(C(C)(C)C)CC3)cc2)c1. The van der Waals surface area contributed by atoms with Crippen LogP contribution in [0.2, 0.25) is 0 Å². The molecule has 1 aliphatic rings. The average Bonchev–Trinajstić information content (AvgIpc) is 2.55. The van der Waals surface area contributed by atoms with Crippen LogP contribution in [0.3, 0.4) is 0 Å². The topological polar surface area (TPSA) is 19.4 Å². The molecule has 3 nitrogen and oxygen atoms in total. The van der Waals surface area contributed by atoms with Gasteiger partial charge >= 0.3 is 0 Å².